The topological polar surface area (TPSA) is 280 Å². The Hall–Kier alpha value is 0.843. The summed E-state index contributed by atoms with van der Waals surface area (Å²) in [6, 6.07) is 0. The first-order valence-electron chi connectivity index (χ1n) is 7.21. The largest absolute Gasteiger partial charge is 1.00 e. The number of hydrogen-bond donors (Lipinski definition) is 7. The van der Waals surface area contributed by atoms with Gasteiger partial charge in [-0.15, -0.1) is 0 Å². The van der Waals surface area contributed by atoms with E-state index in [1.54, 1.807) is 0 Å². The number of aliphatic hydroxyl groups is 3. The van der Waals surface area contributed by atoms with Crippen molar-refractivity contribution >= 4 is 30.9 Å². The van der Waals surface area contributed by atoms with E-state index in [4.69, 9.17) is 34.8 Å². The molecule has 0 spiro atoms. The van der Waals surface area contributed by atoms with Crippen LogP contribution in [0.3, 0.4) is 0 Å². The fourth-order valence-corrected chi connectivity index (χ4v) is 2.45. The molecule has 1 aliphatic rings. The standard InChI is InChI=1S/C11H13N5O7.2K.H3O4P/c12-11-14-7-2(8(20)15-11)13-1-16(7)9-4(18)3(17)6(23-9)5(19)10(21)22;;;1-5(2,3)4/h1,3-6,9,17-19H,(H,21,22)(H3,12,14,15,20);;;(H3,1,2,3,4)/q;2*+1;/p-2/t3-,4+,5?,6-,9+;;;/m0.../s1. The number of nitrogens with two attached hydrogens (primary N) is 1. The number of rotatable bonds is 3. The summed E-state index contributed by atoms with van der Waals surface area (Å²) in [5, 5.41) is 38.2. The molecule has 1 saturated heterocycles. The van der Waals surface area contributed by atoms with E-state index in [-0.39, 0.29) is 120 Å². The molecule has 2 aromatic heterocycles. The zero-order chi connectivity index (χ0) is 21.4. The Morgan fingerprint density at radius 2 is 1.87 bits per heavy atom. The molecule has 1 fully saturated rings. The van der Waals surface area contributed by atoms with Gasteiger partial charge in [0.25, 0.3) is 5.56 Å². The van der Waals surface area contributed by atoms with Crippen LogP contribution < -0.4 is 124 Å². The molecule has 19 heteroatoms. The molecule has 0 amide bonds. The maximum Gasteiger partial charge on any atom is 1.00 e. The quantitative estimate of drug-likeness (QED) is 0.152. The fraction of sp³-hybridized carbons (Fsp3) is 0.455. The number of aliphatic carboxylic acids is 1. The second-order valence-corrected chi connectivity index (χ2v) is 6.44. The van der Waals surface area contributed by atoms with Crippen molar-refractivity contribution in [1.29, 1.82) is 0 Å². The molecule has 2 aromatic rings. The minimum Gasteiger partial charge on any atom is -0.790 e. The Labute approximate surface area is 251 Å². The first-order chi connectivity index (χ1) is 12.8. The van der Waals surface area contributed by atoms with Gasteiger partial charge >= 0.3 is 109 Å². The SMILES string of the molecule is Nc1nc2c(ncn2[C@@H]2O[C@H](C(O)C(=O)O)[C@@H](O)[C@H]2O)c(=O)[nH]1.O=P([O-])([O-])O.[K+].[K+]. The molecule has 3 rings (SSSR count). The van der Waals surface area contributed by atoms with Crippen LogP contribution in [0, 0.1) is 0 Å². The summed E-state index contributed by atoms with van der Waals surface area (Å²) >= 11 is 0. The van der Waals surface area contributed by atoms with Gasteiger partial charge in [-0.25, -0.2) is 9.78 Å². The number of fused-ring (bicyclic) bond motifs is 1. The molecule has 8 N–H and O–H groups in total. The van der Waals surface area contributed by atoms with Crippen LogP contribution in [0.2, 0.25) is 0 Å². The summed E-state index contributed by atoms with van der Waals surface area (Å²) in [6.07, 6.45) is -7.02. The number of imidazole rings is 1. The van der Waals surface area contributed by atoms with E-state index in [0.29, 0.717) is 0 Å². The van der Waals surface area contributed by atoms with Crippen LogP contribution in [-0.2, 0) is 14.1 Å². The van der Waals surface area contributed by atoms with E-state index in [0.717, 1.165) is 10.9 Å². The first kappa shape index (κ1) is 30.8. The van der Waals surface area contributed by atoms with Crippen molar-refractivity contribution in [3.63, 3.8) is 0 Å². The molecule has 1 unspecified atom stereocenters. The number of carbonyl (C=O) groups is 1. The average molecular weight is 501 g/mol. The molecule has 0 bridgehead atoms. The zero-order valence-electron chi connectivity index (χ0n) is 15.5. The maximum atomic E-state index is 11.7. The van der Waals surface area contributed by atoms with Crippen LogP contribution in [0.5, 0.6) is 0 Å². The normalized spacial score (nSPS) is 24.2. The van der Waals surface area contributed by atoms with E-state index < -0.39 is 50.0 Å². The number of aliphatic hydroxyl groups excluding tert-OH is 3. The second kappa shape index (κ2) is 12.3. The van der Waals surface area contributed by atoms with Gasteiger partial charge in [-0.1, -0.05) is 0 Å². The summed E-state index contributed by atoms with van der Waals surface area (Å²) in [4.78, 5) is 56.8. The molecule has 5 atom stereocenters. The summed E-state index contributed by atoms with van der Waals surface area (Å²) < 4.78 is 15.0. The van der Waals surface area contributed by atoms with Crippen molar-refractivity contribution in [3.8, 4) is 0 Å². The van der Waals surface area contributed by atoms with Crippen molar-refractivity contribution in [2.24, 2.45) is 0 Å². The van der Waals surface area contributed by atoms with E-state index in [9.17, 15) is 24.9 Å². The first-order valence-corrected chi connectivity index (χ1v) is 8.70. The third-order valence-corrected chi connectivity index (χ3v) is 3.56. The molecule has 1 aliphatic heterocycles. The summed E-state index contributed by atoms with van der Waals surface area (Å²) in [5.41, 5.74) is 4.74. The van der Waals surface area contributed by atoms with Crippen LogP contribution in [0.4, 0.5) is 5.95 Å². The molecule has 16 nitrogen and oxygen atoms in total. The Bertz CT molecular complexity index is 972. The maximum absolute atomic E-state index is 11.7. The molecule has 30 heavy (non-hydrogen) atoms. The van der Waals surface area contributed by atoms with Crippen LogP contribution in [0.15, 0.2) is 11.1 Å². The van der Waals surface area contributed by atoms with Crippen LogP contribution >= 0.6 is 7.82 Å². The summed E-state index contributed by atoms with van der Waals surface area (Å²) in [5.74, 6) is -1.81. The summed E-state index contributed by atoms with van der Waals surface area (Å²) in [7, 11) is -5.14. The number of nitrogen functional groups attached to an aromatic ring is 1. The molecule has 3 heterocycles. The number of aromatic amines is 1. The Kier molecular flexibility index (Phi) is 12.7. The van der Waals surface area contributed by atoms with Crippen LogP contribution in [0.25, 0.3) is 11.2 Å². The predicted octanol–water partition coefficient (Wildman–Crippen LogP) is -11.4. The van der Waals surface area contributed by atoms with E-state index in [1.807, 2.05) is 0 Å². The molecule has 0 radical (unpaired) electrons. The number of phosphoric acid groups is 1. The average Bonchev–Trinajstić information content (AvgIpc) is 3.07. The van der Waals surface area contributed by atoms with Gasteiger partial charge in [-0.3, -0.25) is 14.3 Å². The fourth-order valence-electron chi connectivity index (χ4n) is 2.45. The molecular formula is C11H14K2N5O11P. The van der Waals surface area contributed by atoms with Gasteiger partial charge in [0.1, 0.15) is 18.3 Å². The van der Waals surface area contributed by atoms with Gasteiger partial charge < -0.3 is 50.1 Å². The molecule has 0 aliphatic carbocycles. The smallest absolute Gasteiger partial charge is 0.790 e. The molecule has 0 saturated carbocycles. The molecular weight excluding hydrogens is 487 g/mol. The third kappa shape index (κ3) is 7.71. The Morgan fingerprint density at radius 1 is 1.33 bits per heavy atom. The molecule has 156 valence electrons. The number of H-pyrrole nitrogens is 1. The number of hydrogen-bond acceptors (Lipinski definition) is 12. The minimum atomic E-state index is -5.14. The van der Waals surface area contributed by atoms with Crippen molar-refractivity contribution in [1.82, 2.24) is 19.5 Å². The van der Waals surface area contributed by atoms with Gasteiger partial charge in [0.15, 0.2) is 23.5 Å². The number of aromatic nitrogens is 4. The van der Waals surface area contributed by atoms with Crippen molar-refractivity contribution in [2.75, 3.05) is 5.73 Å². The zero-order valence-corrected chi connectivity index (χ0v) is 22.7. The Morgan fingerprint density at radius 3 is 2.37 bits per heavy atom. The van der Waals surface area contributed by atoms with Crippen LogP contribution in [0.1, 0.15) is 6.23 Å². The molecule has 0 aromatic carbocycles. The van der Waals surface area contributed by atoms with E-state index in [1.165, 1.54) is 0 Å². The van der Waals surface area contributed by atoms with Crippen molar-refractivity contribution in [3.05, 3.63) is 16.7 Å². The van der Waals surface area contributed by atoms with E-state index in [2.05, 4.69) is 15.0 Å². The number of anilines is 1. The summed E-state index contributed by atoms with van der Waals surface area (Å²) in [6.45, 7) is 0. The van der Waals surface area contributed by atoms with Gasteiger partial charge in [0.05, 0.1) is 14.2 Å². The predicted molar refractivity (Wildman–Crippen MR) is 82.0 cm³/mol. The number of nitrogens with one attached hydrogen (secondary N) is 1. The van der Waals surface area contributed by atoms with Crippen molar-refractivity contribution in [2.45, 2.75) is 30.6 Å². The van der Waals surface area contributed by atoms with Crippen molar-refractivity contribution < 1.29 is 152 Å². The van der Waals surface area contributed by atoms with Gasteiger partial charge in [-0.05, 0) is 0 Å². The monoisotopic (exact) mass is 501 g/mol. The van der Waals surface area contributed by atoms with Crippen LogP contribution in [-0.4, -0.2) is 75.2 Å². The number of ether oxygens (including phenoxy) is 1. The van der Waals surface area contributed by atoms with Gasteiger partial charge in [-0.2, -0.15) is 4.98 Å². The second-order valence-electron chi connectivity index (χ2n) is 5.50. The third-order valence-electron chi connectivity index (χ3n) is 3.56. The number of nitrogens with zero attached hydrogens (tertiary/aromatic N) is 3. The number of carboxylic acid groups (broad SMARTS) is 1. The number of carboxylic acids is 1. The van der Waals surface area contributed by atoms with Gasteiger partial charge in [0.2, 0.25) is 5.95 Å². The van der Waals surface area contributed by atoms with E-state index >= 15 is 0 Å². The minimum absolute atomic E-state index is 0. The Balaban J connectivity index is 0.00000108. The van der Waals surface area contributed by atoms with Gasteiger partial charge in [0, 0.05) is 0 Å².